The summed E-state index contributed by atoms with van der Waals surface area (Å²) in [6, 6.07) is 7.87. The van der Waals surface area contributed by atoms with Crippen LogP contribution >= 0.6 is 0 Å². The van der Waals surface area contributed by atoms with Gasteiger partial charge in [0.2, 0.25) is 0 Å². The number of rotatable bonds is 7. The van der Waals surface area contributed by atoms with Gasteiger partial charge in [0, 0.05) is 12.5 Å². The maximum Gasteiger partial charge on any atom is 0.416 e. The Hall–Kier alpha value is -3.78. The van der Waals surface area contributed by atoms with Crippen LogP contribution in [0.1, 0.15) is 45.9 Å². The third kappa shape index (κ3) is 6.28. The molecule has 2 heterocycles. The molecule has 208 valence electrons. The number of nitrogens with one attached hydrogen (secondary N) is 1. The van der Waals surface area contributed by atoms with Gasteiger partial charge in [0.25, 0.3) is 21.5 Å². The molecule has 9 nitrogen and oxygen atoms in total. The summed E-state index contributed by atoms with van der Waals surface area (Å²) in [4.78, 5) is 26.9. The summed E-state index contributed by atoms with van der Waals surface area (Å²) in [5.74, 6) is -3.54. The minimum Gasteiger partial charge on any atom is -0.503 e. The van der Waals surface area contributed by atoms with Crippen molar-refractivity contribution in [3.8, 4) is 5.75 Å². The molecule has 2 N–H and O–H groups in total. The third-order valence-corrected chi connectivity index (χ3v) is 6.96. The van der Waals surface area contributed by atoms with Crippen molar-refractivity contribution in [3.63, 3.8) is 0 Å². The van der Waals surface area contributed by atoms with E-state index in [1.807, 2.05) is 0 Å². The average molecular weight is 570 g/mol. The molecule has 1 fully saturated rings. The monoisotopic (exact) mass is 569 g/mol. The van der Waals surface area contributed by atoms with E-state index in [1.54, 1.807) is 0 Å². The number of nitrogens with zero attached hydrogens (tertiary/aromatic N) is 2. The summed E-state index contributed by atoms with van der Waals surface area (Å²) >= 11 is 0. The fourth-order valence-electron chi connectivity index (χ4n) is 4.76. The van der Waals surface area contributed by atoms with E-state index in [-0.39, 0.29) is 24.1 Å². The van der Waals surface area contributed by atoms with E-state index in [9.17, 15) is 40.7 Å². The highest BCUT2D eigenvalue weighted by molar-refractivity contribution is 7.86. The Kier molecular flexibility index (Phi) is 7.80. The molecular formula is C25H23F4N3O6S. The second kappa shape index (κ2) is 10.8. The standard InChI is InChI=1S/C25H23F4N3O6S/c1-39(36,37)38-23(18-6-3-11-32(18)24(35)21-22(34)19(33)13-30-31-21)20(14-7-9-17(26)10-8-14)15-4-2-5-16(12-15)25(27,28)29/h2,4-5,7-10,12-13,18,20,23H,3,6,11H2,1H3,(H,30,34)(H,31,33)/t18?,20-,23+/m1/s1. The summed E-state index contributed by atoms with van der Waals surface area (Å²) in [7, 11) is -4.25. The van der Waals surface area contributed by atoms with Gasteiger partial charge in [-0.2, -0.15) is 26.7 Å². The molecule has 14 heteroatoms. The van der Waals surface area contributed by atoms with Crippen molar-refractivity contribution in [2.75, 3.05) is 12.8 Å². The lowest BCUT2D eigenvalue weighted by atomic mass is 9.82. The van der Waals surface area contributed by atoms with Crippen LogP contribution in [0.3, 0.4) is 0 Å². The predicted molar refractivity (Wildman–Crippen MR) is 130 cm³/mol. The molecular weight excluding hydrogens is 546 g/mol. The molecule has 1 saturated heterocycles. The predicted octanol–water partition coefficient (Wildman–Crippen LogP) is 3.41. The first-order valence-corrected chi connectivity index (χ1v) is 13.5. The number of aromatic amines is 1. The molecule has 1 aliphatic rings. The minimum absolute atomic E-state index is 0.0118. The van der Waals surface area contributed by atoms with Crippen LogP contribution < -0.4 is 5.43 Å². The maximum atomic E-state index is 13.8. The van der Waals surface area contributed by atoms with E-state index >= 15 is 0 Å². The smallest absolute Gasteiger partial charge is 0.416 e. The van der Waals surface area contributed by atoms with Crippen molar-refractivity contribution in [2.45, 2.75) is 37.1 Å². The lowest BCUT2D eigenvalue weighted by Crippen LogP contribution is -2.48. The molecule has 1 amide bonds. The van der Waals surface area contributed by atoms with E-state index < -0.39 is 68.5 Å². The van der Waals surface area contributed by atoms with Crippen LogP contribution in [0, 0.1) is 5.82 Å². The van der Waals surface area contributed by atoms with Crippen molar-refractivity contribution in [1.82, 2.24) is 15.1 Å². The van der Waals surface area contributed by atoms with Gasteiger partial charge in [-0.05, 0) is 42.2 Å². The Morgan fingerprint density at radius 3 is 2.51 bits per heavy atom. The zero-order valence-corrected chi connectivity index (χ0v) is 21.2. The maximum absolute atomic E-state index is 13.8. The number of hydrogen-bond acceptors (Lipinski definition) is 7. The minimum atomic E-state index is -4.71. The van der Waals surface area contributed by atoms with Crippen LogP contribution in [0.4, 0.5) is 17.6 Å². The Morgan fingerprint density at radius 1 is 1.18 bits per heavy atom. The molecule has 0 aliphatic carbocycles. The van der Waals surface area contributed by atoms with Gasteiger partial charge in [0.15, 0.2) is 11.4 Å². The summed E-state index contributed by atoms with van der Waals surface area (Å²) in [5.41, 5.74) is -2.47. The lowest BCUT2D eigenvalue weighted by molar-refractivity contribution is -0.137. The number of hydrogen-bond donors (Lipinski definition) is 2. The SMILES string of the molecule is CS(=O)(=O)O[C@@H](C1CCCN1C(=O)c1n[nH]cc(O)c1=O)[C@H](c1ccc(F)cc1)c1cccc(C(F)(F)F)c1. The Labute approximate surface area is 220 Å². The van der Waals surface area contributed by atoms with Crippen LogP contribution in [0.2, 0.25) is 0 Å². The molecule has 0 saturated carbocycles. The zero-order valence-electron chi connectivity index (χ0n) is 20.4. The van der Waals surface area contributed by atoms with Gasteiger partial charge in [-0.25, -0.2) is 4.39 Å². The van der Waals surface area contributed by atoms with E-state index in [1.165, 1.54) is 18.2 Å². The number of aromatic nitrogens is 2. The molecule has 0 radical (unpaired) electrons. The van der Waals surface area contributed by atoms with Gasteiger partial charge in [-0.15, -0.1) is 0 Å². The molecule has 3 atom stereocenters. The van der Waals surface area contributed by atoms with Crippen LogP contribution in [0.5, 0.6) is 5.75 Å². The molecule has 1 unspecified atom stereocenters. The molecule has 3 aromatic rings. The second-order valence-corrected chi connectivity index (χ2v) is 10.7. The number of benzene rings is 2. The number of amides is 1. The first-order valence-electron chi connectivity index (χ1n) is 11.6. The van der Waals surface area contributed by atoms with Gasteiger partial charge < -0.3 is 10.0 Å². The van der Waals surface area contributed by atoms with E-state index in [0.717, 1.165) is 47.7 Å². The summed E-state index contributed by atoms with van der Waals surface area (Å²) in [6.45, 7) is 0.0443. The molecule has 4 rings (SSSR count). The van der Waals surface area contributed by atoms with Gasteiger partial charge in [-0.1, -0.05) is 30.3 Å². The van der Waals surface area contributed by atoms with Crippen LogP contribution in [-0.4, -0.2) is 59.5 Å². The number of carbonyl (C=O) groups excluding carboxylic acids is 1. The van der Waals surface area contributed by atoms with Crippen molar-refractivity contribution in [1.29, 1.82) is 0 Å². The Balaban J connectivity index is 1.88. The molecule has 1 aliphatic heterocycles. The third-order valence-electron chi connectivity index (χ3n) is 6.38. The zero-order chi connectivity index (χ0) is 28.5. The molecule has 2 aromatic carbocycles. The Bertz CT molecular complexity index is 1530. The Morgan fingerprint density at radius 2 is 1.87 bits per heavy atom. The van der Waals surface area contributed by atoms with Crippen LogP contribution in [0.25, 0.3) is 0 Å². The summed E-state index contributed by atoms with van der Waals surface area (Å²) in [6.07, 6.45) is -4.04. The largest absolute Gasteiger partial charge is 0.503 e. The lowest BCUT2D eigenvalue weighted by Gasteiger charge is -2.36. The second-order valence-electron chi connectivity index (χ2n) is 9.07. The molecule has 39 heavy (non-hydrogen) atoms. The molecule has 0 bridgehead atoms. The number of alkyl halides is 3. The number of halogens is 4. The fraction of sp³-hybridized carbons (Fsp3) is 0.320. The van der Waals surface area contributed by atoms with E-state index in [0.29, 0.717) is 6.42 Å². The van der Waals surface area contributed by atoms with Crippen molar-refractivity contribution in [3.05, 3.63) is 93.2 Å². The summed E-state index contributed by atoms with van der Waals surface area (Å²) in [5, 5.41) is 15.6. The first-order chi connectivity index (χ1) is 18.3. The van der Waals surface area contributed by atoms with Crippen LogP contribution in [-0.2, 0) is 20.5 Å². The van der Waals surface area contributed by atoms with Gasteiger partial charge >= 0.3 is 6.18 Å². The van der Waals surface area contributed by atoms with Gasteiger partial charge in [0.05, 0.1) is 24.1 Å². The number of aromatic hydroxyl groups is 1. The number of carbonyl (C=O) groups is 1. The van der Waals surface area contributed by atoms with Gasteiger partial charge in [-0.3, -0.25) is 18.9 Å². The quantitative estimate of drug-likeness (QED) is 0.330. The average Bonchev–Trinajstić information content (AvgIpc) is 3.35. The van der Waals surface area contributed by atoms with Crippen molar-refractivity contribution in [2.24, 2.45) is 0 Å². The van der Waals surface area contributed by atoms with Crippen molar-refractivity contribution < 1.29 is 40.1 Å². The highest BCUT2D eigenvalue weighted by Gasteiger charge is 2.44. The van der Waals surface area contributed by atoms with Crippen LogP contribution in [0.15, 0.2) is 59.5 Å². The number of likely N-dealkylation sites (tertiary alicyclic amines) is 1. The molecule has 0 spiro atoms. The highest BCUT2D eigenvalue weighted by Crippen LogP contribution is 2.39. The highest BCUT2D eigenvalue weighted by atomic mass is 32.2. The van der Waals surface area contributed by atoms with E-state index in [2.05, 4.69) is 10.2 Å². The van der Waals surface area contributed by atoms with E-state index in [4.69, 9.17) is 4.18 Å². The normalized spacial score (nSPS) is 17.7. The number of H-pyrrole nitrogens is 1. The topological polar surface area (TPSA) is 130 Å². The molecule has 1 aromatic heterocycles. The van der Waals surface area contributed by atoms with Crippen molar-refractivity contribution >= 4 is 16.0 Å². The first kappa shape index (κ1) is 28.2. The summed E-state index contributed by atoms with van der Waals surface area (Å²) < 4.78 is 84.9. The fourth-order valence-corrected chi connectivity index (χ4v) is 5.40. The van der Waals surface area contributed by atoms with Gasteiger partial charge in [0.1, 0.15) is 11.9 Å².